The van der Waals surface area contributed by atoms with Gasteiger partial charge in [0.15, 0.2) is 0 Å². The summed E-state index contributed by atoms with van der Waals surface area (Å²) in [5, 5.41) is 52.9. The number of aromatic carboxylic acids is 2. The smallest absolute Gasteiger partial charge is 0.339 e. The van der Waals surface area contributed by atoms with Crippen molar-refractivity contribution in [3.63, 3.8) is 0 Å². The highest BCUT2D eigenvalue weighted by Crippen LogP contribution is 2.30. The summed E-state index contributed by atoms with van der Waals surface area (Å²) in [6.45, 7) is 0. The minimum Gasteiger partial charge on any atom is -0.507 e. The van der Waals surface area contributed by atoms with Gasteiger partial charge >= 0.3 is 11.9 Å². The number of carbonyl (C=O) groups is 2. The number of anilines is 2. The second-order valence-corrected chi connectivity index (χ2v) is 4.47. The van der Waals surface area contributed by atoms with E-state index in [0.29, 0.717) is 12.1 Å². The molecule has 0 saturated carbocycles. The Hall–Kier alpha value is -3.82. The van der Waals surface area contributed by atoms with Crippen LogP contribution in [0.4, 0.5) is 11.4 Å². The van der Waals surface area contributed by atoms with Crippen molar-refractivity contribution in [2.24, 2.45) is 0 Å². The minimum absolute atomic E-state index is 0.160. The lowest BCUT2D eigenvalue weighted by Gasteiger charge is -2.03. The number of carboxylic acid groups (broad SMARTS) is 2. The first-order chi connectivity index (χ1) is 11.0. The Labute approximate surface area is 134 Å². The van der Waals surface area contributed by atoms with Gasteiger partial charge in [-0.3, -0.25) is 0 Å². The van der Waals surface area contributed by atoms with Crippen molar-refractivity contribution in [1.82, 2.24) is 0 Å². The van der Waals surface area contributed by atoms with E-state index in [2.05, 4.69) is 0 Å². The molecule has 0 saturated heterocycles. The summed E-state index contributed by atoms with van der Waals surface area (Å²) in [5.74, 6) is -4.62. The summed E-state index contributed by atoms with van der Waals surface area (Å²) in [5.41, 5.74) is 9.72. The van der Waals surface area contributed by atoms with Gasteiger partial charge in [-0.2, -0.15) is 0 Å². The van der Waals surface area contributed by atoms with Gasteiger partial charge in [0, 0.05) is 6.07 Å². The average Bonchev–Trinajstić information content (AvgIpc) is 2.47. The van der Waals surface area contributed by atoms with Gasteiger partial charge in [0.2, 0.25) is 0 Å². The molecular formula is C14H14N2O8. The summed E-state index contributed by atoms with van der Waals surface area (Å²) < 4.78 is 0. The van der Waals surface area contributed by atoms with E-state index in [9.17, 15) is 9.59 Å². The van der Waals surface area contributed by atoms with Gasteiger partial charge in [0.05, 0.1) is 11.4 Å². The third-order valence-electron chi connectivity index (χ3n) is 2.75. The van der Waals surface area contributed by atoms with E-state index < -0.39 is 34.6 Å². The van der Waals surface area contributed by atoms with Crippen molar-refractivity contribution in [2.75, 3.05) is 11.5 Å². The predicted octanol–water partition coefficient (Wildman–Crippen LogP) is 0.756. The van der Waals surface area contributed by atoms with Crippen molar-refractivity contribution < 1.29 is 40.2 Å². The Kier molecular flexibility index (Phi) is 5.29. The molecule has 0 aliphatic carbocycles. The maximum atomic E-state index is 10.4. The second-order valence-electron chi connectivity index (χ2n) is 4.47. The zero-order valence-corrected chi connectivity index (χ0v) is 12.0. The molecule has 0 atom stereocenters. The van der Waals surface area contributed by atoms with Crippen LogP contribution < -0.4 is 11.5 Å². The lowest BCUT2D eigenvalue weighted by Crippen LogP contribution is -2.01. The number of rotatable bonds is 2. The summed E-state index contributed by atoms with van der Waals surface area (Å²) in [6.07, 6.45) is 0. The number of hydrogen-bond donors (Lipinski definition) is 8. The van der Waals surface area contributed by atoms with E-state index >= 15 is 0 Å². The standard InChI is InChI=1S/C8H6O6.C6H8N2O2/c9-5-1-3(7(11)12)6(10)2-4(5)8(13)14;7-3-1-4(8)6(10)2-5(3)9/h1-2,9-10H,(H,11,12)(H,13,14);1-2,9-10H,7-8H2. The Bertz CT molecular complexity index is 714. The molecule has 0 unspecified atom stereocenters. The van der Waals surface area contributed by atoms with Crippen LogP contribution in [0.3, 0.4) is 0 Å². The number of phenolic OH excluding ortho intramolecular Hbond substituents is 2. The van der Waals surface area contributed by atoms with Crippen LogP contribution in [0.2, 0.25) is 0 Å². The topological polar surface area (TPSA) is 208 Å². The summed E-state index contributed by atoms with van der Waals surface area (Å²) >= 11 is 0. The van der Waals surface area contributed by atoms with E-state index in [1.54, 1.807) is 0 Å². The van der Waals surface area contributed by atoms with E-state index in [0.717, 1.165) is 6.07 Å². The highest BCUT2D eigenvalue weighted by atomic mass is 16.4. The SMILES string of the molecule is Nc1cc(N)c(O)cc1O.O=C(O)c1cc(O)c(C(=O)O)cc1O. The largest absolute Gasteiger partial charge is 0.507 e. The Morgan fingerprint density at radius 1 is 0.625 bits per heavy atom. The van der Waals surface area contributed by atoms with Crippen LogP contribution in [0.5, 0.6) is 23.0 Å². The summed E-state index contributed by atoms with van der Waals surface area (Å²) in [4.78, 5) is 20.9. The molecule has 0 amide bonds. The molecule has 2 aromatic carbocycles. The van der Waals surface area contributed by atoms with Crippen molar-refractivity contribution in [3.05, 3.63) is 35.4 Å². The molecule has 0 heterocycles. The number of hydrogen-bond acceptors (Lipinski definition) is 8. The number of benzene rings is 2. The molecule has 10 nitrogen and oxygen atoms in total. The predicted molar refractivity (Wildman–Crippen MR) is 82.3 cm³/mol. The van der Waals surface area contributed by atoms with Gasteiger partial charge in [-0.25, -0.2) is 9.59 Å². The molecule has 0 spiro atoms. The summed E-state index contributed by atoms with van der Waals surface area (Å²) in [7, 11) is 0. The molecule has 2 aromatic rings. The number of nitrogen functional groups attached to an aromatic ring is 2. The van der Waals surface area contributed by atoms with Crippen molar-refractivity contribution >= 4 is 23.3 Å². The second kappa shape index (κ2) is 6.96. The van der Waals surface area contributed by atoms with Gasteiger partial charge in [-0.15, -0.1) is 0 Å². The van der Waals surface area contributed by atoms with E-state index in [-0.39, 0.29) is 22.9 Å². The zero-order chi connectivity index (χ0) is 18.6. The molecule has 0 aliphatic heterocycles. The molecule has 10 N–H and O–H groups in total. The maximum Gasteiger partial charge on any atom is 0.339 e. The van der Waals surface area contributed by atoms with Gasteiger partial charge in [0.25, 0.3) is 0 Å². The fraction of sp³-hybridized carbons (Fsp3) is 0. The third kappa shape index (κ3) is 4.10. The number of aromatic hydroxyl groups is 4. The molecule has 0 aromatic heterocycles. The number of nitrogens with two attached hydrogens (primary N) is 2. The fourth-order valence-corrected chi connectivity index (χ4v) is 1.53. The quantitative estimate of drug-likeness (QED) is 0.219. The van der Waals surface area contributed by atoms with Crippen molar-refractivity contribution in [3.8, 4) is 23.0 Å². The average molecular weight is 338 g/mol. The zero-order valence-electron chi connectivity index (χ0n) is 12.0. The molecular weight excluding hydrogens is 324 g/mol. The van der Waals surface area contributed by atoms with Gasteiger partial charge in [-0.1, -0.05) is 0 Å². The molecule has 0 fully saturated rings. The van der Waals surface area contributed by atoms with Crippen LogP contribution in [0.25, 0.3) is 0 Å². The monoisotopic (exact) mass is 338 g/mol. The van der Waals surface area contributed by atoms with Gasteiger partial charge in [-0.05, 0) is 18.2 Å². The first-order valence-electron chi connectivity index (χ1n) is 6.14. The molecule has 128 valence electrons. The third-order valence-corrected chi connectivity index (χ3v) is 2.75. The number of phenols is 4. The fourth-order valence-electron chi connectivity index (χ4n) is 1.53. The van der Waals surface area contributed by atoms with Gasteiger partial charge in [0.1, 0.15) is 34.1 Å². The van der Waals surface area contributed by atoms with Gasteiger partial charge < -0.3 is 42.1 Å². The first kappa shape index (κ1) is 18.2. The van der Waals surface area contributed by atoms with Crippen LogP contribution in [-0.2, 0) is 0 Å². The molecule has 0 bridgehead atoms. The summed E-state index contributed by atoms with van der Waals surface area (Å²) in [6, 6.07) is 3.76. The minimum atomic E-state index is -1.45. The lowest BCUT2D eigenvalue weighted by molar-refractivity contribution is 0.0675. The van der Waals surface area contributed by atoms with E-state index in [4.69, 9.17) is 42.1 Å². The molecule has 0 radical (unpaired) electrons. The van der Waals surface area contributed by atoms with Crippen LogP contribution >= 0.6 is 0 Å². The maximum absolute atomic E-state index is 10.4. The highest BCUT2D eigenvalue weighted by Gasteiger charge is 2.17. The van der Waals surface area contributed by atoms with Crippen LogP contribution in [0.1, 0.15) is 20.7 Å². The molecule has 0 aliphatic rings. The lowest BCUT2D eigenvalue weighted by atomic mass is 10.1. The highest BCUT2D eigenvalue weighted by molar-refractivity contribution is 5.96. The van der Waals surface area contributed by atoms with Crippen LogP contribution in [-0.4, -0.2) is 42.6 Å². The Morgan fingerprint density at radius 3 is 1.21 bits per heavy atom. The van der Waals surface area contributed by atoms with Crippen molar-refractivity contribution in [1.29, 1.82) is 0 Å². The Morgan fingerprint density at radius 2 is 0.958 bits per heavy atom. The van der Waals surface area contributed by atoms with Crippen LogP contribution in [0.15, 0.2) is 24.3 Å². The van der Waals surface area contributed by atoms with Crippen molar-refractivity contribution in [2.45, 2.75) is 0 Å². The van der Waals surface area contributed by atoms with E-state index in [1.807, 2.05) is 0 Å². The molecule has 24 heavy (non-hydrogen) atoms. The number of carboxylic acids is 2. The normalized spacial score (nSPS) is 9.67. The first-order valence-corrected chi connectivity index (χ1v) is 6.14. The molecule has 2 rings (SSSR count). The molecule has 10 heteroatoms. The van der Waals surface area contributed by atoms with Crippen LogP contribution in [0, 0.1) is 0 Å². The van der Waals surface area contributed by atoms with E-state index in [1.165, 1.54) is 6.07 Å². The Balaban J connectivity index is 0.000000254.